The van der Waals surface area contributed by atoms with Gasteiger partial charge in [-0.05, 0) is 68.9 Å². The number of aryl methyl sites for hydroxylation is 2. The molecule has 0 bridgehead atoms. The second kappa shape index (κ2) is 11.0. The first kappa shape index (κ1) is 25.5. The van der Waals surface area contributed by atoms with E-state index in [-0.39, 0.29) is 24.7 Å². The van der Waals surface area contributed by atoms with Crippen molar-refractivity contribution in [3.63, 3.8) is 0 Å². The van der Waals surface area contributed by atoms with E-state index < -0.39 is 6.10 Å². The number of Topliss-reactive ketones (excluding diaryl/α,β-unsaturated/α-hetero) is 1. The van der Waals surface area contributed by atoms with Gasteiger partial charge in [0.25, 0.3) is 0 Å². The fourth-order valence-electron chi connectivity index (χ4n) is 5.34. The summed E-state index contributed by atoms with van der Waals surface area (Å²) in [6.45, 7) is 8.54. The molecule has 1 N–H and O–H groups in total. The van der Waals surface area contributed by atoms with Gasteiger partial charge in [-0.15, -0.1) is 10.2 Å². The quantitative estimate of drug-likeness (QED) is 0.473. The zero-order valence-electron chi connectivity index (χ0n) is 21.8. The number of carbonyl (C=O) groups excluding carboxylic acids is 2. The van der Waals surface area contributed by atoms with E-state index in [9.17, 15) is 9.59 Å². The van der Waals surface area contributed by atoms with E-state index in [1.807, 2.05) is 19.1 Å². The van der Waals surface area contributed by atoms with Crippen LogP contribution in [0.15, 0.2) is 18.2 Å². The molecule has 2 aromatic rings. The Morgan fingerprint density at radius 2 is 1.91 bits per heavy atom. The molecule has 0 radical (unpaired) electrons. The molecule has 2 aliphatic carbocycles. The molecule has 7 nitrogen and oxygen atoms in total. The summed E-state index contributed by atoms with van der Waals surface area (Å²) in [6, 6.07) is 6.54. The Balaban J connectivity index is 1.52. The van der Waals surface area contributed by atoms with Crippen LogP contribution in [0.4, 0.5) is 0 Å². The molecule has 35 heavy (non-hydrogen) atoms. The summed E-state index contributed by atoms with van der Waals surface area (Å²) in [4.78, 5) is 25.1. The molecule has 2 saturated carbocycles. The molecule has 0 unspecified atom stereocenters. The number of amides is 1. The smallest absolute Gasteiger partial charge is 0.245 e. The zero-order valence-corrected chi connectivity index (χ0v) is 21.8. The third kappa shape index (κ3) is 6.37. The Morgan fingerprint density at radius 1 is 1.17 bits per heavy atom. The minimum atomic E-state index is -0.584. The molecule has 1 heterocycles. The first-order chi connectivity index (χ1) is 16.7. The molecule has 1 amide bonds. The number of hydrogen-bond donors (Lipinski definition) is 1. The number of nitrogens with one attached hydrogen (secondary N) is 1. The zero-order chi connectivity index (χ0) is 25.1. The van der Waals surface area contributed by atoms with E-state index in [1.54, 1.807) is 7.05 Å². The number of carbonyl (C=O) groups is 2. The molecule has 0 spiro atoms. The van der Waals surface area contributed by atoms with Gasteiger partial charge in [-0.1, -0.05) is 37.6 Å². The highest BCUT2D eigenvalue weighted by Gasteiger charge is 2.40. The summed E-state index contributed by atoms with van der Waals surface area (Å²) in [5.74, 6) is 3.49. The Morgan fingerprint density at radius 3 is 2.54 bits per heavy atom. The summed E-state index contributed by atoms with van der Waals surface area (Å²) in [6.07, 6.45) is 5.69. The lowest BCUT2D eigenvalue weighted by Gasteiger charge is -2.36. The van der Waals surface area contributed by atoms with Crippen molar-refractivity contribution in [3.8, 4) is 0 Å². The molecular weight excluding hydrogens is 440 g/mol. The molecule has 190 valence electrons. The number of aromatic nitrogens is 3. The monoisotopic (exact) mass is 480 g/mol. The molecule has 7 heteroatoms. The standard InChI is InChI=1S/C28H40N4O3/c1-17(2)10-20-12-22(13-20)27-30-31-28(32(27)23-8-9-23)25(35-16-26(34)29-5)15-24(33)14-21-7-6-18(3)11-19(21)4/h6-7,11,17,20,22-23,25H,8-10,12-16H2,1-5H3,(H,29,34)/t20?,22?,25-/m0/s1. The maximum atomic E-state index is 13.2. The van der Waals surface area contributed by atoms with Crippen molar-refractivity contribution in [2.45, 2.75) is 90.7 Å². The van der Waals surface area contributed by atoms with Crippen LogP contribution in [0.25, 0.3) is 0 Å². The van der Waals surface area contributed by atoms with Gasteiger partial charge in [-0.3, -0.25) is 9.59 Å². The van der Waals surface area contributed by atoms with Crippen molar-refractivity contribution in [1.29, 1.82) is 0 Å². The van der Waals surface area contributed by atoms with E-state index in [0.717, 1.165) is 48.6 Å². The predicted octanol–water partition coefficient (Wildman–Crippen LogP) is 4.78. The molecule has 2 fully saturated rings. The lowest BCUT2D eigenvalue weighted by molar-refractivity contribution is -0.130. The second-order valence-corrected chi connectivity index (χ2v) is 11.0. The van der Waals surface area contributed by atoms with Gasteiger partial charge in [0, 0.05) is 31.8 Å². The molecule has 0 saturated heterocycles. The van der Waals surface area contributed by atoms with Crippen LogP contribution in [0.2, 0.25) is 0 Å². The molecule has 4 rings (SSSR count). The Hall–Kier alpha value is -2.54. The first-order valence-corrected chi connectivity index (χ1v) is 13.1. The van der Waals surface area contributed by atoms with Crippen LogP contribution in [0.1, 0.15) is 98.8 Å². The van der Waals surface area contributed by atoms with E-state index >= 15 is 0 Å². The van der Waals surface area contributed by atoms with Crippen LogP contribution in [0.5, 0.6) is 0 Å². The minimum absolute atomic E-state index is 0.0754. The van der Waals surface area contributed by atoms with Crippen LogP contribution in [-0.2, 0) is 20.7 Å². The predicted molar refractivity (Wildman–Crippen MR) is 135 cm³/mol. The second-order valence-electron chi connectivity index (χ2n) is 11.0. The number of ketones is 1. The number of nitrogens with zero attached hydrogens (tertiary/aromatic N) is 3. The average molecular weight is 481 g/mol. The maximum Gasteiger partial charge on any atom is 0.245 e. The van der Waals surface area contributed by atoms with Crippen molar-refractivity contribution < 1.29 is 14.3 Å². The SMILES string of the molecule is CNC(=O)CO[C@@H](CC(=O)Cc1ccc(C)cc1C)c1nnc(C2CC(CC(C)C)C2)n1C1CC1. The third-order valence-electron chi connectivity index (χ3n) is 7.35. The highest BCUT2D eigenvalue weighted by atomic mass is 16.5. The summed E-state index contributed by atoms with van der Waals surface area (Å²) in [5.41, 5.74) is 3.33. The Kier molecular flexibility index (Phi) is 8.05. The molecule has 2 aliphatic rings. The number of rotatable bonds is 12. The van der Waals surface area contributed by atoms with Gasteiger partial charge < -0.3 is 14.6 Å². The maximum absolute atomic E-state index is 13.2. The highest BCUT2D eigenvalue weighted by molar-refractivity contribution is 5.82. The van der Waals surface area contributed by atoms with E-state index in [2.05, 4.69) is 46.9 Å². The molecule has 1 atom stereocenters. The van der Waals surface area contributed by atoms with Crippen LogP contribution in [0.3, 0.4) is 0 Å². The summed E-state index contributed by atoms with van der Waals surface area (Å²) < 4.78 is 8.26. The van der Waals surface area contributed by atoms with Crippen LogP contribution < -0.4 is 5.32 Å². The van der Waals surface area contributed by atoms with E-state index in [4.69, 9.17) is 4.74 Å². The van der Waals surface area contributed by atoms with Crippen molar-refractivity contribution >= 4 is 11.7 Å². The summed E-state index contributed by atoms with van der Waals surface area (Å²) in [5, 5.41) is 11.8. The summed E-state index contributed by atoms with van der Waals surface area (Å²) in [7, 11) is 1.58. The van der Waals surface area contributed by atoms with E-state index in [1.165, 1.54) is 12.0 Å². The van der Waals surface area contributed by atoms with E-state index in [0.29, 0.717) is 30.1 Å². The number of likely N-dealkylation sites (N-methyl/N-ethyl adjacent to an activating group) is 1. The lowest BCUT2D eigenvalue weighted by Crippen LogP contribution is -2.28. The van der Waals surface area contributed by atoms with Gasteiger partial charge in [-0.2, -0.15) is 0 Å². The largest absolute Gasteiger partial charge is 0.360 e. The number of benzene rings is 1. The Bertz CT molecular complexity index is 1050. The third-order valence-corrected chi connectivity index (χ3v) is 7.35. The normalized spacial score (nSPS) is 20.5. The van der Waals surface area contributed by atoms with Gasteiger partial charge in [0.15, 0.2) is 5.82 Å². The van der Waals surface area contributed by atoms with Gasteiger partial charge in [0.2, 0.25) is 5.91 Å². The molecular formula is C28H40N4O3. The van der Waals surface area contributed by atoms with Crippen LogP contribution >= 0.6 is 0 Å². The number of hydrogen-bond acceptors (Lipinski definition) is 5. The van der Waals surface area contributed by atoms with Crippen molar-refractivity contribution in [2.24, 2.45) is 11.8 Å². The average Bonchev–Trinajstić information content (AvgIpc) is 3.53. The van der Waals surface area contributed by atoms with Crippen molar-refractivity contribution in [3.05, 3.63) is 46.5 Å². The first-order valence-electron chi connectivity index (χ1n) is 13.1. The molecule has 0 aliphatic heterocycles. The van der Waals surface area contributed by atoms with Gasteiger partial charge in [-0.25, -0.2) is 0 Å². The topological polar surface area (TPSA) is 86.1 Å². The van der Waals surface area contributed by atoms with Gasteiger partial charge in [0.05, 0.1) is 0 Å². The van der Waals surface area contributed by atoms with Crippen LogP contribution in [0, 0.1) is 25.7 Å². The molecule has 1 aromatic heterocycles. The van der Waals surface area contributed by atoms with Gasteiger partial charge >= 0.3 is 0 Å². The number of ether oxygens (including phenoxy) is 1. The van der Waals surface area contributed by atoms with Crippen molar-refractivity contribution in [1.82, 2.24) is 20.1 Å². The fourth-order valence-corrected chi connectivity index (χ4v) is 5.34. The fraction of sp³-hybridized carbons (Fsp3) is 0.643. The van der Waals surface area contributed by atoms with Gasteiger partial charge in [0.1, 0.15) is 24.3 Å². The van der Waals surface area contributed by atoms with Crippen LogP contribution in [-0.4, -0.2) is 40.1 Å². The highest BCUT2D eigenvalue weighted by Crippen LogP contribution is 2.47. The lowest BCUT2D eigenvalue weighted by atomic mass is 9.71. The summed E-state index contributed by atoms with van der Waals surface area (Å²) >= 11 is 0. The molecule has 1 aromatic carbocycles. The minimum Gasteiger partial charge on any atom is -0.360 e. The Labute approximate surface area is 209 Å². The van der Waals surface area contributed by atoms with Crippen molar-refractivity contribution in [2.75, 3.05) is 13.7 Å².